The Morgan fingerprint density at radius 2 is 2.06 bits per heavy atom. The Morgan fingerprint density at radius 3 is 2.44 bits per heavy atom. The van der Waals surface area contributed by atoms with Crippen molar-refractivity contribution in [3.8, 4) is 0 Å². The van der Waals surface area contributed by atoms with Crippen molar-refractivity contribution >= 4 is 12.0 Å². The zero-order chi connectivity index (χ0) is 12.7. The van der Waals surface area contributed by atoms with Gasteiger partial charge < -0.3 is 15.3 Å². The Morgan fingerprint density at radius 1 is 1.50 bits per heavy atom. The number of aliphatic carboxylic acids is 1. The molecule has 0 spiro atoms. The van der Waals surface area contributed by atoms with Crippen molar-refractivity contribution in [2.24, 2.45) is 5.92 Å². The van der Waals surface area contributed by atoms with Gasteiger partial charge in [0.15, 0.2) is 0 Å². The normalized spacial score (nSPS) is 11.7. The number of carbonyl (C=O) groups is 2. The maximum absolute atomic E-state index is 11.5. The molecule has 0 heterocycles. The molecule has 2 N–H and O–H groups in total. The van der Waals surface area contributed by atoms with Crippen molar-refractivity contribution in [1.82, 2.24) is 10.2 Å². The predicted octanol–water partition coefficient (Wildman–Crippen LogP) is 1.31. The minimum Gasteiger partial charge on any atom is -0.481 e. The summed E-state index contributed by atoms with van der Waals surface area (Å²) in [7, 11) is 1.64. The number of carbonyl (C=O) groups excluding carboxylic acids is 1. The number of hydrogen-bond donors (Lipinski definition) is 2. The molecule has 0 rings (SSSR count). The first-order chi connectivity index (χ1) is 7.38. The van der Waals surface area contributed by atoms with Crippen LogP contribution in [-0.2, 0) is 4.79 Å². The highest BCUT2D eigenvalue weighted by Crippen LogP contribution is 2.01. The van der Waals surface area contributed by atoms with E-state index in [4.69, 9.17) is 5.11 Å². The zero-order valence-corrected chi connectivity index (χ0v) is 10.1. The van der Waals surface area contributed by atoms with E-state index in [9.17, 15) is 9.59 Å². The van der Waals surface area contributed by atoms with Crippen molar-refractivity contribution in [3.05, 3.63) is 12.2 Å². The Bertz CT molecular complexity index is 276. The SMILES string of the molecule is C=C(C)CN(C)C(=O)NCC(CC)C(=O)O. The highest BCUT2D eigenvalue weighted by Gasteiger charge is 2.17. The Balaban J connectivity index is 4.05. The molecule has 5 nitrogen and oxygen atoms in total. The second-order valence-electron chi connectivity index (χ2n) is 3.94. The zero-order valence-electron chi connectivity index (χ0n) is 10.1. The van der Waals surface area contributed by atoms with E-state index >= 15 is 0 Å². The standard InChI is InChI=1S/C11H20N2O3/c1-5-9(10(14)15)6-12-11(16)13(4)7-8(2)3/h9H,2,5-7H2,1,3-4H3,(H,12,16)(H,14,15). The van der Waals surface area contributed by atoms with Gasteiger partial charge in [-0.15, -0.1) is 0 Å². The topological polar surface area (TPSA) is 69.6 Å². The molecule has 5 heteroatoms. The number of carboxylic acid groups (broad SMARTS) is 1. The van der Waals surface area contributed by atoms with Crippen LogP contribution in [0.1, 0.15) is 20.3 Å². The first-order valence-corrected chi connectivity index (χ1v) is 5.24. The molecule has 1 atom stereocenters. The van der Waals surface area contributed by atoms with Gasteiger partial charge in [-0.05, 0) is 13.3 Å². The molecule has 0 aliphatic carbocycles. The third-order valence-electron chi connectivity index (χ3n) is 2.20. The van der Waals surface area contributed by atoms with Crippen LogP contribution >= 0.6 is 0 Å². The molecule has 0 radical (unpaired) electrons. The quantitative estimate of drug-likeness (QED) is 0.673. The highest BCUT2D eigenvalue weighted by molar-refractivity contribution is 5.76. The van der Waals surface area contributed by atoms with Crippen LogP contribution in [0.15, 0.2) is 12.2 Å². The first-order valence-electron chi connectivity index (χ1n) is 5.24. The van der Waals surface area contributed by atoms with Gasteiger partial charge in [0.05, 0.1) is 5.92 Å². The summed E-state index contributed by atoms with van der Waals surface area (Å²) in [5, 5.41) is 11.4. The molecule has 16 heavy (non-hydrogen) atoms. The fourth-order valence-electron chi connectivity index (χ4n) is 1.23. The lowest BCUT2D eigenvalue weighted by Gasteiger charge is -2.19. The van der Waals surface area contributed by atoms with E-state index in [1.54, 1.807) is 14.0 Å². The lowest BCUT2D eigenvalue weighted by Crippen LogP contribution is -2.41. The van der Waals surface area contributed by atoms with Crippen LogP contribution in [0.4, 0.5) is 4.79 Å². The fraction of sp³-hybridized carbons (Fsp3) is 0.636. The van der Waals surface area contributed by atoms with Crippen molar-refractivity contribution < 1.29 is 14.7 Å². The number of nitrogens with one attached hydrogen (secondary N) is 1. The van der Waals surface area contributed by atoms with E-state index in [0.29, 0.717) is 13.0 Å². The fourth-order valence-corrected chi connectivity index (χ4v) is 1.23. The van der Waals surface area contributed by atoms with Crippen LogP contribution in [0.5, 0.6) is 0 Å². The first kappa shape index (κ1) is 14.5. The van der Waals surface area contributed by atoms with Crippen LogP contribution in [-0.4, -0.2) is 42.1 Å². The second kappa shape index (κ2) is 6.87. The van der Waals surface area contributed by atoms with E-state index in [1.807, 2.05) is 6.92 Å². The Hall–Kier alpha value is -1.52. The van der Waals surface area contributed by atoms with Crippen molar-refractivity contribution in [2.45, 2.75) is 20.3 Å². The number of carboxylic acids is 1. The lowest BCUT2D eigenvalue weighted by molar-refractivity contribution is -0.141. The molecule has 0 saturated heterocycles. The summed E-state index contributed by atoms with van der Waals surface area (Å²) in [5.41, 5.74) is 0.878. The van der Waals surface area contributed by atoms with Gasteiger partial charge in [0.25, 0.3) is 0 Å². The smallest absolute Gasteiger partial charge is 0.317 e. The van der Waals surface area contributed by atoms with Gasteiger partial charge in [0, 0.05) is 20.1 Å². The molecule has 92 valence electrons. The number of hydrogen-bond acceptors (Lipinski definition) is 2. The van der Waals surface area contributed by atoms with Crippen LogP contribution < -0.4 is 5.32 Å². The summed E-state index contributed by atoms with van der Waals surface area (Å²) in [6.07, 6.45) is 0.500. The van der Waals surface area contributed by atoms with Gasteiger partial charge in [-0.1, -0.05) is 19.1 Å². The van der Waals surface area contributed by atoms with Gasteiger partial charge in [0.1, 0.15) is 0 Å². The van der Waals surface area contributed by atoms with Gasteiger partial charge >= 0.3 is 12.0 Å². The maximum atomic E-state index is 11.5. The monoisotopic (exact) mass is 228 g/mol. The molecule has 1 unspecified atom stereocenters. The summed E-state index contributed by atoms with van der Waals surface area (Å²) in [6, 6.07) is -0.275. The van der Waals surface area contributed by atoms with Gasteiger partial charge in [-0.2, -0.15) is 0 Å². The molecule has 0 fully saturated rings. The minimum absolute atomic E-state index is 0.158. The summed E-state index contributed by atoms with van der Waals surface area (Å²) in [4.78, 5) is 23.7. The van der Waals surface area contributed by atoms with Crippen molar-refractivity contribution in [2.75, 3.05) is 20.1 Å². The summed E-state index contributed by atoms with van der Waals surface area (Å²) in [6.45, 7) is 7.94. The third-order valence-corrected chi connectivity index (χ3v) is 2.20. The van der Waals surface area contributed by atoms with Crippen LogP contribution in [0.3, 0.4) is 0 Å². The highest BCUT2D eigenvalue weighted by atomic mass is 16.4. The van der Waals surface area contributed by atoms with Crippen LogP contribution in [0.25, 0.3) is 0 Å². The maximum Gasteiger partial charge on any atom is 0.317 e. The summed E-state index contributed by atoms with van der Waals surface area (Å²) < 4.78 is 0. The molecule has 0 aromatic carbocycles. The molecular weight excluding hydrogens is 208 g/mol. The van der Waals surface area contributed by atoms with E-state index in [2.05, 4.69) is 11.9 Å². The molecule has 0 aliphatic rings. The van der Waals surface area contributed by atoms with E-state index in [1.165, 1.54) is 4.90 Å². The molecule has 0 aromatic heterocycles. The van der Waals surface area contributed by atoms with Gasteiger partial charge in [-0.25, -0.2) is 4.79 Å². The average molecular weight is 228 g/mol. The summed E-state index contributed by atoms with van der Waals surface area (Å²) >= 11 is 0. The molecular formula is C11H20N2O3. The van der Waals surface area contributed by atoms with Crippen LogP contribution in [0.2, 0.25) is 0 Å². The molecule has 2 amide bonds. The van der Waals surface area contributed by atoms with Crippen molar-refractivity contribution in [1.29, 1.82) is 0 Å². The molecule has 0 saturated carbocycles. The number of rotatable bonds is 6. The Kier molecular flexibility index (Phi) is 6.22. The number of likely N-dealkylation sites (N-methyl/N-ethyl adjacent to an activating group) is 1. The van der Waals surface area contributed by atoms with Crippen LogP contribution in [0, 0.1) is 5.92 Å². The summed E-state index contributed by atoms with van der Waals surface area (Å²) in [5.74, 6) is -1.41. The van der Waals surface area contributed by atoms with E-state index in [-0.39, 0.29) is 12.6 Å². The third kappa shape index (κ3) is 5.38. The molecule has 0 aromatic rings. The molecule has 0 bridgehead atoms. The molecule has 0 aliphatic heterocycles. The lowest BCUT2D eigenvalue weighted by atomic mass is 10.1. The van der Waals surface area contributed by atoms with Gasteiger partial charge in [0.2, 0.25) is 0 Å². The van der Waals surface area contributed by atoms with Crippen molar-refractivity contribution in [3.63, 3.8) is 0 Å². The number of nitrogens with zero attached hydrogens (tertiary/aromatic N) is 1. The van der Waals surface area contributed by atoms with Gasteiger partial charge in [-0.3, -0.25) is 4.79 Å². The minimum atomic E-state index is -0.884. The number of urea groups is 1. The average Bonchev–Trinajstić information content (AvgIpc) is 2.16. The second-order valence-corrected chi connectivity index (χ2v) is 3.94. The predicted molar refractivity (Wildman–Crippen MR) is 62.3 cm³/mol. The Labute approximate surface area is 96.1 Å². The largest absolute Gasteiger partial charge is 0.481 e. The number of amides is 2. The van der Waals surface area contributed by atoms with E-state index in [0.717, 1.165) is 5.57 Å². The van der Waals surface area contributed by atoms with E-state index < -0.39 is 11.9 Å².